The Morgan fingerprint density at radius 1 is 1.24 bits per heavy atom. The molecule has 0 bridgehead atoms. The summed E-state index contributed by atoms with van der Waals surface area (Å²) in [6.45, 7) is 4.87. The van der Waals surface area contributed by atoms with Crippen LogP contribution in [0.15, 0.2) is 43.0 Å². The molecule has 108 valence electrons. The molecule has 0 aliphatic rings. The average Bonchev–Trinajstić information content (AvgIpc) is 3.08. The molecular formula is C15H16IN5. The van der Waals surface area contributed by atoms with Crippen LogP contribution in [0.5, 0.6) is 0 Å². The van der Waals surface area contributed by atoms with Crippen LogP contribution in [0.3, 0.4) is 0 Å². The van der Waals surface area contributed by atoms with Crippen LogP contribution in [0.1, 0.15) is 25.7 Å². The second kappa shape index (κ2) is 5.97. The van der Waals surface area contributed by atoms with E-state index in [4.69, 9.17) is 0 Å². The van der Waals surface area contributed by atoms with Gasteiger partial charge in [-0.2, -0.15) is 5.10 Å². The lowest BCUT2D eigenvalue weighted by molar-refractivity contribution is 0.496. The van der Waals surface area contributed by atoms with Gasteiger partial charge >= 0.3 is 0 Å². The first-order valence-corrected chi connectivity index (χ1v) is 7.88. The predicted molar refractivity (Wildman–Crippen MR) is 89.9 cm³/mol. The minimum atomic E-state index is 0.298. The SMILES string of the molecule is CC(C)n1ncnc1Cn1ccnc1-c1cccc(I)c1. The van der Waals surface area contributed by atoms with E-state index in [2.05, 4.69) is 74.3 Å². The Kier molecular flexibility index (Phi) is 4.05. The van der Waals surface area contributed by atoms with Crippen LogP contribution in [0.2, 0.25) is 0 Å². The van der Waals surface area contributed by atoms with Crippen molar-refractivity contribution in [3.8, 4) is 11.4 Å². The molecule has 0 saturated carbocycles. The normalized spacial score (nSPS) is 11.2. The van der Waals surface area contributed by atoms with Crippen LogP contribution in [-0.4, -0.2) is 24.3 Å². The maximum atomic E-state index is 4.48. The number of hydrogen-bond acceptors (Lipinski definition) is 3. The molecule has 0 aliphatic heterocycles. The topological polar surface area (TPSA) is 48.5 Å². The highest BCUT2D eigenvalue weighted by molar-refractivity contribution is 14.1. The molecule has 21 heavy (non-hydrogen) atoms. The van der Waals surface area contributed by atoms with Crippen molar-refractivity contribution >= 4 is 22.6 Å². The van der Waals surface area contributed by atoms with Crippen LogP contribution < -0.4 is 0 Å². The van der Waals surface area contributed by atoms with E-state index in [9.17, 15) is 0 Å². The summed E-state index contributed by atoms with van der Waals surface area (Å²) in [7, 11) is 0. The standard InChI is InChI=1S/C15H16IN5/c1-11(2)21-14(18-10-19-21)9-20-7-6-17-15(20)12-4-3-5-13(16)8-12/h3-8,10-11H,9H2,1-2H3. The van der Waals surface area contributed by atoms with E-state index in [0.29, 0.717) is 12.6 Å². The Morgan fingerprint density at radius 2 is 2.10 bits per heavy atom. The summed E-state index contributed by atoms with van der Waals surface area (Å²) in [5.41, 5.74) is 1.11. The first-order valence-electron chi connectivity index (χ1n) is 6.80. The maximum Gasteiger partial charge on any atom is 0.147 e. The summed E-state index contributed by atoms with van der Waals surface area (Å²) in [6.07, 6.45) is 5.41. The van der Waals surface area contributed by atoms with Gasteiger partial charge in [0.15, 0.2) is 0 Å². The van der Waals surface area contributed by atoms with Crippen molar-refractivity contribution in [1.29, 1.82) is 0 Å². The molecule has 6 heteroatoms. The van der Waals surface area contributed by atoms with E-state index in [0.717, 1.165) is 17.2 Å². The largest absolute Gasteiger partial charge is 0.323 e. The van der Waals surface area contributed by atoms with E-state index >= 15 is 0 Å². The average molecular weight is 393 g/mol. The fraction of sp³-hybridized carbons (Fsp3) is 0.267. The molecule has 0 radical (unpaired) electrons. The Morgan fingerprint density at radius 3 is 2.86 bits per heavy atom. The number of hydrogen-bond donors (Lipinski definition) is 0. The Labute approximate surface area is 137 Å². The highest BCUT2D eigenvalue weighted by Crippen LogP contribution is 2.20. The first-order chi connectivity index (χ1) is 10.1. The lowest BCUT2D eigenvalue weighted by atomic mass is 10.2. The minimum absolute atomic E-state index is 0.298. The molecule has 0 fully saturated rings. The van der Waals surface area contributed by atoms with Gasteiger partial charge in [0.1, 0.15) is 18.0 Å². The molecule has 3 rings (SSSR count). The summed E-state index contributed by atoms with van der Waals surface area (Å²) in [5, 5.41) is 4.28. The smallest absolute Gasteiger partial charge is 0.147 e. The zero-order valence-electron chi connectivity index (χ0n) is 11.9. The van der Waals surface area contributed by atoms with Gasteiger partial charge in [-0.25, -0.2) is 14.6 Å². The van der Waals surface area contributed by atoms with Gasteiger partial charge < -0.3 is 4.57 Å². The van der Waals surface area contributed by atoms with Crippen molar-refractivity contribution < 1.29 is 0 Å². The van der Waals surface area contributed by atoms with E-state index in [1.165, 1.54) is 3.57 Å². The molecule has 0 aliphatic carbocycles. The van der Waals surface area contributed by atoms with Gasteiger partial charge in [0.2, 0.25) is 0 Å². The summed E-state index contributed by atoms with van der Waals surface area (Å²) >= 11 is 2.32. The van der Waals surface area contributed by atoms with E-state index in [-0.39, 0.29) is 0 Å². The molecule has 0 saturated heterocycles. The second-order valence-electron chi connectivity index (χ2n) is 5.10. The van der Waals surface area contributed by atoms with Crippen molar-refractivity contribution in [3.05, 3.63) is 52.4 Å². The van der Waals surface area contributed by atoms with Gasteiger partial charge in [0, 0.05) is 27.6 Å². The quantitative estimate of drug-likeness (QED) is 0.639. The van der Waals surface area contributed by atoms with Crippen LogP contribution in [-0.2, 0) is 6.54 Å². The summed E-state index contributed by atoms with van der Waals surface area (Å²) in [5.74, 6) is 1.89. The number of aromatic nitrogens is 5. The molecular weight excluding hydrogens is 377 g/mol. The third-order valence-electron chi connectivity index (χ3n) is 3.25. The lowest BCUT2D eigenvalue weighted by Crippen LogP contribution is -2.12. The molecule has 0 atom stereocenters. The Balaban J connectivity index is 1.94. The lowest BCUT2D eigenvalue weighted by Gasteiger charge is -2.11. The van der Waals surface area contributed by atoms with Crippen molar-refractivity contribution in [2.45, 2.75) is 26.4 Å². The maximum absolute atomic E-state index is 4.48. The minimum Gasteiger partial charge on any atom is -0.323 e. The molecule has 0 N–H and O–H groups in total. The van der Waals surface area contributed by atoms with Crippen molar-refractivity contribution in [1.82, 2.24) is 24.3 Å². The number of imidazole rings is 1. The number of rotatable bonds is 4. The van der Waals surface area contributed by atoms with Gasteiger partial charge in [0.05, 0.1) is 6.54 Å². The van der Waals surface area contributed by atoms with Gasteiger partial charge in [-0.3, -0.25) is 0 Å². The van der Waals surface area contributed by atoms with Crippen LogP contribution in [0.25, 0.3) is 11.4 Å². The van der Waals surface area contributed by atoms with Crippen LogP contribution >= 0.6 is 22.6 Å². The van der Waals surface area contributed by atoms with Gasteiger partial charge in [-0.05, 0) is 48.6 Å². The molecule has 0 spiro atoms. The van der Waals surface area contributed by atoms with Crippen LogP contribution in [0.4, 0.5) is 0 Å². The molecule has 2 heterocycles. The Bertz CT molecular complexity index is 744. The molecule has 0 amide bonds. The van der Waals surface area contributed by atoms with Gasteiger partial charge in [-0.1, -0.05) is 12.1 Å². The monoisotopic (exact) mass is 393 g/mol. The first kappa shape index (κ1) is 14.2. The zero-order chi connectivity index (χ0) is 14.8. The van der Waals surface area contributed by atoms with Gasteiger partial charge in [-0.15, -0.1) is 0 Å². The van der Waals surface area contributed by atoms with E-state index < -0.39 is 0 Å². The van der Waals surface area contributed by atoms with Gasteiger partial charge in [0.25, 0.3) is 0 Å². The van der Waals surface area contributed by atoms with Crippen molar-refractivity contribution in [2.24, 2.45) is 0 Å². The van der Waals surface area contributed by atoms with E-state index in [1.807, 2.05) is 23.1 Å². The number of benzene rings is 1. The molecule has 1 aromatic carbocycles. The Hall–Kier alpha value is -1.70. The molecule has 3 aromatic rings. The molecule has 5 nitrogen and oxygen atoms in total. The summed E-state index contributed by atoms with van der Waals surface area (Å²) in [6, 6.07) is 8.63. The third kappa shape index (κ3) is 2.99. The highest BCUT2D eigenvalue weighted by Gasteiger charge is 2.12. The number of nitrogens with zero attached hydrogens (tertiary/aromatic N) is 5. The predicted octanol–water partition coefficient (Wildman–Crippen LogP) is 3.38. The number of halogens is 1. The van der Waals surface area contributed by atoms with Crippen molar-refractivity contribution in [3.63, 3.8) is 0 Å². The van der Waals surface area contributed by atoms with E-state index in [1.54, 1.807) is 6.33 Å². The highest BCUT2D eigenvalue weighted by atomic mass is 127. The third-order valence-corrected chi connectivity index (χ3v) is 3.92. The summed E-state index contributed by atoms with van der Waals surface area (Å²) in [4.78, 5) is 8.85. The fourth-order valence-corrected chi connectivity index (χ4v) is 2.84. The zero-order valence-corrected chi connectivity index (χ0v) is 14.1. The second-order valence-corrected chi connectivity index (χ2v) is 6.35. The molecule has 2 aromatic heterocycles. The van der Waals surface area contributed by atoms with Crippen LogP contribution in [0, 0.1) is 3.57 Å². The fourth-order valence-electron chi connectivity index (χ4n) is 2.30. The molecule has 0 unspecified atom stereocenters. The summed E-state index contributed by atoms with van der Waals surface area (Å²) < 4.78 is 5.25. The van der Waals surface area contributed by atoms with Crippen molar-refractivity contribution in [2.75, 3.05) is 0 Å².